The molecule has 2 heterocycles. The molecule has 33 heavy (non-hydrogen) atoms. The van der Waals surface area contributed by atoms with Gasteiger partial charge in [-0.15, -0.1) is 0 Å². The lowest BCUT2D eigenvalue weighted by Gasteiger charge is -2.32. The Morgan fingerprint density at radius 3 is 2.39 bits per heavy atom. The Morgan fingerprint density at radius 2 is 1.76 bits per heavy atom. The third-order valence-electron chi connectivity index (χ3n) is 5.94. The molecular weight excluding hydrogens is 420 g/mol. The maximum absolute atomic E-state index is 12.4. The summed E-state index contributed by atoms with van der Waals surface area (Å²) in [5.41, 5.74) is 2.72. The van der Waals surface area contributed by atoms with Gasteiger partial charge in [0.15, 0.2) is 0 Å². The highest BCUT2D eigenvalue weighted by Crippen LogP contribution is 2.27. The van der Waals surface area contributed by atoms with Crippen molar-refractivity contribution in [2.24, 2.45) is 5.92 Å². The Bertz CT molecular complexity index is 1050. The monoisotopic (exact) mass is 450 g/mol. The van der Waals surface area contributed by atoms with Gasteiger partial charge in [0.1, 0.15) is 11.5 Å². The van der Waals surface area contributed by atoms with E-state index in [4.69, 9.17) is 14.0 Å². The molecule has 0 aliphatic carbocycles. The number of methoxy groups -OCH3 is 2. The van der Waals surface area contributed by atoms with Gasteiger partial charge in [-0.1, -0.05) is 12.1 Å². The van der Waals surface area contributed by atoms with Crippen LogP contribution in [-0.2, 0) is 11.2 Å². The van der Waals surface area contributed by atoms with Gasteiger partial charge >= 0.3 is 0 Å². The number of amides is 1. The van der Waals surface area contributed by atoms with Crippen LogP contribution >= 0.6 is 0 Å². The Balaban J connectivity index is 1.32. The van der Waals surface area contributed by atoms with Crippen LogP contribution in [0, 0.1) is 5.92 Å². The molecule has 0 spiro atoms. The third kappa shape index (κ3) is 5.83. The largest absolute Gasteiger partial charge is 0.497 e. The molecule has 1 aromatic heterocycles. The molecule has 1 saturated heterocycles. The lowest BCUT2D eigenvalue weighted by Crippen LogP contribution is -2.32. The molecule has 3 aromatic rings. The summed E-state index contributed by atoms with van der Waals surface area (Å²) in [6.45, 7) is 4.50. The minimum absolute atomic E-state index is 0.162. The minimum Gasteiger partial charge on any atom is -0.497 e. The van der Waals surface area contributed by atoms with E-state index in [0.717, 1.165) is 24.6 Å². The van der Waals surface area contributed by atoms with Crippen LogP contribution in [0.5, 0.6) is 11.5 Å². The number of benzene rings is 2. The maximum Gasteiger partial charge on any atom is 0.227 e. The number of ether oxygens (including phenoxy) is 2. The van der Waals surface area contributed by atoms with Gasteiger partial charge in [0.05, 0.1) is 14.2 Å². The van der Waals surface area contributed by atoms with E-state index in [1.54, 1.807) is 32.4 Å². The zero-order chi connectivity index (χ0) is 23.2. The number of aryl methyl sites for hydroxylation is 1. The van der Waals surface area contributed by atoms with E-state index in [9.17, 15) is 4.79 Å². The van der Waals surface area contributed by atoms with Crippen LogP contribution in [0.25, 0.3) is 11.4 Å². The Morgan fingerprint density at radius 1 is 1.09 bits per heavy atom. The van der Waals surface area contributed by atoms with Crippen LogP contribution < -0.4 is 19.7 Å². The highest BCUT2D eigenvalue weighted by atomic mass is 16.5. The topological polar surface area (TPSA) is 89.7 Å². The van der Waals surface area contributed by atoms with E-state index in [1.807, 2.05) is 12.1 Å². The molecule has 1 fully saturated rings. The van der Waals surface area contributed by atoms with E-state index in [1.165, 1.54) is 18.5 Å². The summed E-state index contributed by atoms with van der Waals surface area (Å²) in [7, 11) is 3.13. The van der Waals surface area contributed by atoms with Crippen molar-refractivity contribution in [1.82, 2.24) is 10.1 Å². The first-order valence-corrected chi connectivity index (χ1v) is 11.2. The summed E-state index contributed by atoms with van der Waals surface area (Å²) in [4.78, 5) is 19.3. The molecule has 0 saturated carbocycles. The summed E-state index contributed by atoms with van der Waals surface area (Å²) >= 11 is 0. The maximum atomic E-state index is 12.4. The van der Waals surface area contributed by atoms with Gasteiger partial charge < -0.3 is 24.2 Å². The van der Waals surface area contributed by atoms with Crippen LogP contribution in [0.2, 0.25) is 0 Å². The van der Waals surface area contributed by atoms with E-state index in [2.05, 4.69) is 39.4 Å². The lowest BCUT2D eigenvalue weighted by molar-refractivity contribution is -0.116. The van der Waals surface area contributed by atoms with Crippen molar-refractivity contribution < 1.29 is 18.8 Å². The van der Waals surface area contributed by atoms with E-state index in [-0.39, 0.29) is 12.3 Å². The predicted molar refractivity (Wildman–Crippen MR) is 127 cm³/mol. The SMILES string of the molecule is COc1cc(NC(=O)CCc2nc(-c3ccc(N4CCC(C)CC4)cc3)no2)cc(OC)c1. The lowest BCUT2D eigenvalue weighted by atomic mass is 9.98. The Hall–Kier alpha value is -3.55. The molecule has 1 aliphatic heterocycles. The number of hydrogen-bond donors (Lipinski definition) is 1. The van der Waals surface area contributed by atoms with Gasteiger partial charge in [-0.2, -0.15) is 4.98 Å². The summed E-state index contributed by atoms with van der Waals surface area (Å²) in [5.74, 6) is 2.81. The van der Waals surface area contributed by atoms with Gasteiger partial charge in [-0.25, -0.2) is 0 Å². The van der Waals surface area contributed by atoms with E-state index in [0.29, 0.717) is 35.3 Å². The first-order valence-electron chi connectivity index (χ1n) is 11.2. The summed E-state index contributed by atoms with van der Waals surface area (Å²) in [6.07, 6.45) is 3.03. The minimum atomic E-state index is -0.162. The van der Waals surface area contributed by atoms with Crippen molar-refractivity contribution in [3.8, 4) is 22.9 Å². The fourth-order valence-electron chi connectivity index (χ4n) is 3.89. The van der Waals surface area contributed by atoms with Gasteiger partial charge in [-0.05, 0) is 43.0 Å². The molecule has 0 unspecified atom stereocenters. The number of piperidine rings is 1. The van der Waals surface area contributed by atoms with Crippen LogP contribution in [0.3, 0.4) is 0 Å². The molecule has 1 amide bonds. The molecule has 0 bridgehead atoms. The number of carbonyl (C=O) groups excluding carboxylic acids is 1. The second-order valence-electron chi connectivity index (χ2n) is 8.38. The highest BCUT2D eigenvalue weighted by molar-refractivity contribution is 5.91. The molecule has 0 radical (unpaired) electrons. The van der Waals surface area contributed by atoms with E-state index < -0.39 is 0 Å². The summed E-state index contributed by atoms with van der Waals surface area (Å²) < 4.78 is 15.8. The Labute approximate surface area is 193 Å². The average molecular weight is 451 g/mol. The van der Waals surface area contributed by atoms with Crippen LogP contribution in [-0.4, -0.2) is 43.4 Å². The van der Waals surface area contributed by atoms with Crippen molar-refractivity contribution in [2.45, 2.75) is 32.6 Å². The van der Waals surface area contributed by atoms with Crippen LogP contribution in [0.4, 0.5) is 11.4 Å². The molecule has 1 N–H and O–H groups in total. The molecule has 174 valence electrons. The van der Waals surface area contributed by atoms with Gasteiger partial charge in [0.2, 0.25) is 17.6 Å². The summed E-state index contributed by atoms with van der Waals surface area (Å²) in [6, 6.07) is 13.5. The third-order valence-corrected chi connectivity index (χ3v) is 5.94. The first-order chi connectivity index (χ1) is 16.0. The molecule has 1 aliphatic rings. The van der Waals surface area contributed by atoms with Crippen molar-refractivity contribution >= 4 is 17.3 Å². The average Bonchev–Trinajstić information content (AvgIpc) is 3.32. The predicted octanol–water partition coefficient (Wildman–Crippen LogP) is 4.56. The number of hydrogen-bond acceptors (Lipinski definition) is 7. The van der Waals surface area contributed by atoms with Crippen molar-refractivity contribution in [3.05, 3.63) is 48.4 Å². The molecular formula is C25H30N4O4. The zero-order valence-corrected chi connectivity index (χ0v) is 19.3. The van der Waals surface area contributed by atoms with Gasteiger partial charge in [0, 0.05) is 61.1 Å². The van der Waals surface area contributed by atoms with Crippen molar-refractivity contribution in [3.63, 3.8) is 0 Å². The normalized spacial score (nSPS) is 14.2. The highest BCUT2D eigenvalue weighted by Gasteiger charge is 2.17. The molecule has 0 atom stereocenters. The second-order valence-corrected chi connectivity index (χ2v) is 8.38. The number of aromatic nitrogens is 2. The quantitative estimate of drug-likeness (QED) is 0.538. The summed E-state index contributed by atoms with van der Waals surface area (Å²) in [5, 5.41) is 6.93. The van der Waals surface area contributed by atoms with E-state index >= 15 is 0 Å². The van der Waals surface area contributed by atoms with Crippen molar-refractivity contribution in [1.29, 1.82) is 0 Å². The Kier molecular flexibility index (Phi) is 7.12. The van der Waals surface area contributed by atoms with Crippen LogP contribution in [0.1, 0.15) is 32.1 Å². The number of carbonyl (C=O) groups is 1. The van der Waals surface area contributed by atoms with Crippen LogP contribution in [0.15, 0.2) is 47.0 Å². The molecule has 8 heteroatoms. The smallest absolute Gasteiger partial charge is 0.227 e. The number of nitrogens with zero attached hydrogens (tertiary/aromatic N) is 3. The number of anilines is 2. The molecule has 2 aromatic carbocycles. The van der Waals surface area contributed by atoms with Crippen molar-refractivity contribution in [2.75, 3.05) is 37.5 Å². The zero-order valence-electron chi connectivity index (χ0n) is 19.3. The first kappa shape index (κ1) is 22.6. The second kappa shape index (κ2) is 10.4. The number of nitrogens with one attached hydrogen (secondary N) is 1. The molecule has 8 nitrogen and oxygen atoms in total. The van der Waals surface area contributed by atoms with Gasteiger partial charge in [-0.3, -0.25) is 4.79 Å². The fourth-order valence-corrected chi connectivity index (χ4v) is 3.89. The number of rotatable bonds is 8. The molecule has 4 rings (SSSR count). The fraction of sp³-hybridized carbons (Fsp3) is 0.400. The standard InChI is InChI=1S/C25H30N4O4/c1-17-10-12-29(13-11-17)20-6-4-18(5-7-20)25-27-24(33-28-25)9-8-23(30)26-19-14-21(31-2)16-22(15-19)32-3/h4-7,14-17H,8-13H2,1-3H3,(H,26,30). The van der Waals surface area contributed by atoms with Gasteiger partial charge in [0.25, 0.3) is 0 Å².